The van der Waals surface area contributed by atoms with E-state index in [1.807, 2.05) is 48.1 Å². The summed E-state index contributed by atoms with van der Waals surface area (Å²) in [6, 6.07) is 9.87. The van der Waals surface area contributed by atoms with Crippen LogP contribution in [0.25, 0.3) is 5.69 Å². The van der Waals surface area contributed by atoms with E-state index in [0.717, 1.165) is 43.4 Å². The van der Waals surface area contributed by atoms with E-state index in [9.17, 15) is 5.11 Å². The van der Waals surface area contributed by atoms with Gasteiger partial charge >= 0.3 is 0 Å². The summed E-state index contributed by atoms with van der Waals surface area (Å²) in [5, 5.41) is 22.8. The highest BCUT2D eigenvalue weighted by Crippen LogP contribution is 2.31. The SMILES string of the molecule is Cn1ccnc1C(O)C1CCN(c2nnnn2-c2ccccc2)CC1. The maximum atomic E-state index is 10.6. The average Bonchev–Trinajstić information content (AvgIpc) is 3.31. The van der Waals surface area contributed by atoms with Gasteiger partial charge in [0.05, 0.1) is 5.69 Å². The molecule has 3 heterocycles. The third kappa shape index (κ3) is 3.00. The number of hydrogen-bond donors (Lipinski definition) is 1. The van der Waals surface area contributed by atoms with Crippen molar-refractivity contribution in [1.82, 2.24) is 29.8 Å². The Hall–Kier alpha value is -2.74. The minimum atomic E-state index is -0.535. The first-order valence-corrected chi connectivity index (χ1v) is 8.48. The Morgan fingerprint density at radius 1 is 1.16 bits per heavy atom. The molecule has 1 aliphatic heterocycles. The zero-order chi connectivity index (χ0) is 17.2. The highest BCUT2D eigenvalue weighted by molar-refractivity contribution is 5.40. The van der Waals surface area contributed by atoms with Crippen LogP contribution in [0.2, 0.25) is 0 Å². The average molecular weight is 339 g/mol. The zero-order valence-electron chi connectivity index (χ0n) is 14.1. The smallest absolute Gasteiger partial charge is 0.250 e. The number of rotatable bonds is 4. The van der Waals surface area contributed by atoms with Crippen LogP contribution in [0.3, 0.4) is 0 Å². The van der Waals surface area contributed by atoms with Gasteiger partial charge in [0.1, 0.15) is 11.9 Å². The van der Waals surface area contributed by atoms with Crippen LogP contribution >= 0.6 is 0 Å². The normalized spacial score (nSPS) is 17.0. The van der Waals surface area contributed by atoms with Crippen LogP contribution in [0.5, 0.6) is 0 Å². The molecule has 1 saturated heterocycles. The van der Waals surface area contributed by atoms with Crippen molar-refractivity contribution < 1.29 is 5.11 Å². The van der Waals surface area contributed by atoms with Crippen LogP contribution in [0.15, 0.2) is 42.7 Å². The quantitative estimate of drug-likeness (QED) is 0.772. The molecule has 2 aromatic heterocycles. The summed E-state index contributed by atoms with van der Waals surface area (Å²) < 4.78 is 3.64. The topological polar surface area (TPSA) is 84.9 Å². The number of hydrogen-bond acceptors (Lipinski definition) is 6. The minimum absolute atomic E-state index is 0.193. The van der Waals surface area contributed by atoms with Crippen LogP contribution in [-0.4, -0.2) is 48.0 Å². The molecule has 4 rings (SSSR count). The monoisotopic (exact) mass is 339 g/mol. The van der Waals surface area contributed by atoms with Gasteiger partial charge in [-0.1, -0.05) is 23.3 Å². The maximum absolute atomic E-state index is 10.6. The van der Waals surface area contributed by atoms with E-state index in [4.69, 9.17) is 0 Å². The molecule has 1 unspecified atom stereocenters. The molecule has 1 N–H and O–H groups in total. The van der Waals surface area contributed by atoms with Crippen molar-refractivity contribution >= 4 is 5.95 Å². The Kier molecular flexibility index (Phi) is 4.19. The number of benzene rings is 1. The molecule has 0 bridgehead atoms. The third-order valence-electron chi connectivity index (χ3n) is 4.85. The van der Waals surface area contributed by atoms with Crippen LogP contribution in [0, 0.1) is 5.92 Å². The summed E-state index contributed by atoms with van der Waals surface area (Å²) in [4.78, 5) is 6.45. The van der Waals surface area contributed by atoms with E-state index in [1.54, 1.807) is 10.9 Å². The molecule has 0 radical (unpaired) electrons. The Balaban J connectivity index is 1.47. The molecule has 130 valence electrons. The fraction of sp³-hybridized carbons (Fsp3) is 0.412. The summed E-state index contributed by atoms with van der Waals surface area (Å²) >= 11 is 0. The zero-order valence-corrected chi connectivity index (χ0v) is 14.1. The molecule has 1 atom stereocenters. The number of aromatic nitrogens is 6. The Labute approximate surface area is 145 Å². The summed E-state index contributed by atoms with van der Waals surface area (Å²) in [7, 11) is 1.91. The molecule has 1 aliphatic rings. The van der Waals surface area contributed by atoms with Crippen molar-refractivity contribution in [3.05, 3.63) is 48.5 Å². The number of aliphatic hydroxyl groups is 1. The van der Waals surface area contributed by atoms with E-state index in [-0.39, 0.29) is 5.92 Å². The van der Waals surface area contributed by atoms with Crippen molar-refractivity contribution in [3.8, 4) is 5.69 Å². The number of aliphatic hydroxyl groups excluding tert-OH is 1. The van der Waals surface area contributed by atoms with Gasteiger partial charge in [0.15, 0.2) is 0 Å². The summed E-state index contributed by atoms with van der Waals surface area (Å²) in [5.41, 5.74) is 0.942. The minimum Gasteiger partial charge on any atom is -0.385 e. The van der Waals surface area contributed by atoms with Gasteiger partial charge in [-0.3, -0.25) is 0 Å². The molecule has 0 saturated carbocycles. The van der Waals surface area contributed by atoms with E-state index in [1.165, 1.54) is 0 Å². The number of anilines is 1. The molecule has 0 spiro atoms. The van der Waals surface area contributed by atoms with Gasteiger partial charge < -0.3 is 14.6 Å². The Morgan fingerprint density at radius 3 is 2.60 bits per heavy atom. The predicted molar refractivity (Wildman–Crippen MR) is 92.3 cm³/mol. The Bertz CT molecular complexity index is 820. The lowest BCUT2D eigenvalue weighted by molar-refractivity contribution is 0.0822. The summed E-state index contributed by atoms with van der Waals surface area (Å²) in [5.74, 6) is 1.67. The van der Waals surface area contributed by atoms with Crippen LogP contribution in [-0.2, 0) is 7.05 Å². The van der Waals surface area contributed by atoms with Crippen LogP contribution in [0.1, 0.15) is 24.8 Å². The van der Waals surface area contributed by atoms with Gasteiger partial charge in [0.2, 0.25) is 5.95 Å². The molecule has 25 heavy (non-hydrogen) atoms. The number of nitrogens with zero attached hydrogens (tertiary/aromatic N) is 7. The second-order valence-corrected chi connectivity index (χ2v) is 6.39. The van der Waals surface area contributed by atoms with Crippen molar-refractivity contribution in [2.45, 2.75) is 18.9 Å². The van der Waals surface area contributed by atoms with E-state index in [2.05, 4.69) is 25.4 Å². The van der Waals surface area contributed by atoms with Crippen molar-refractivity contribution in [2.24, 2.45) is 13.0 Å². The van der Waals surface area contributed by atoms with E-state index in [0.29, 0.717) is 0 Å². The summed E-state index contributed by atoms with van der Waals surface area (Å²) in [6.07, 6.45) is 4.79. The second-order valence-electron chi connectivity index (χ2n) is 6.39. The molecule has 8 heteroatoms. The number of para-hydroxylation sites is 1. The number of aryl methyl sites for hydroxylation is 1. The third-order valence-corrected chi connectivity index (χ3v) is 4.85. The lowest BCUT2D eigenvalue weighted by Crippen LogP contribution is -2.37. The molecule has 0 amide bonds. The fourth-order valence-corrected chi connectivity index (χ4v) is 3.40. The Morgan fingerprint density at radius 2 is 1.92 bits per heavy atom. The molecular formula is C17H21N7O. The first-order valence-electron chi connectivity index (χ1n) is 8.48. The van der Waals surface area contributed by atoms with Gasteiger partial charge in [-0.15, -0.1) is 0 Å². The van der Waals surface area contributed by atoms with Gasteiger partial charge in [-0.05, 0) is 41.3 Å². The van der Waals surface area contributed by atoms with E-state index >= 15 is 0 Å². The van der Waals surface area contributed by atoms with E-state index < -0.39 is 6.10 Å². The predicted octanol–water partition coefficient (Wildman–Crippen LogP) is 1.35. The lowest BCUT2D eigenvalue weighted by atomic mass is 9.91. The highest BCUT2D eigenvalue weighted by atomic mass is 16.3. The fourth-order valence-electron chi connectivity index (χ4n) is 3.40. The van der Waals surface area contributed by atoms with Crippen LogP contribution in [0.4, 0.5) is 5.95 Å². The number of tetrazole rings is 1. The molecule has 0 aliphatic carbocycles. The van der Waals surface area contributed by atoms with Gasteiger partial charge in [0, 0.05) is 32.5 Å². The first kappa shape index (κ1) is 15.8. The standard InChI is InChI=1S/C17H21N7O/c1-22-12-9-18-16(22)15(25)13-7-10-23(11-8-13)17-19-20-21-24(17)14-5-3-2-4-6-14/h2-6,9,12-13,15,25H,7-8,10-11H2,1H3. The number of imidazole rings is 1. The molecule has 8 nitrogen and oxygen atoms in total. The second kappa shape index (κ2) is 6.64. The molecular weight excluding hydrogens is 318 g/mol. The van der Waals surface area contributed by atoms with Gasteiger partial charge in [0.25, 0.3) is 0 Å². The molecule has 1 aromatic carbocycles. The molecule has 1 fully saturated rings. The highest BCUT2D eigenvalue weighted by Gasteiger charge is 2.30. The van der Waals surface area contributed by atoms with Gasteiger partial charge in [-0.2, -0.15) is 4.68 Å². The summed E-state index contributed by atoms with van der Waals surface area (Å²) in [6.45, 7) is 1.61. The largest absolute Gasteiger partial charge is 0.385 e. The molecule has 3 aromatic rings. The van der Waals surface area contributed by atoms with Gasteiger partial charge in [-0.25, -0.2) is 4.98 Å². The maximum Gasteiger partial charge on any atom is 0.250 e. The van der Waals surface area contributed by atoms with Crippen molar-refractivity contribution in [2.75, 3.05) is 18.0 Å². The number of piperidine rings is 1. The van der Waals surface area contributed by atoms with Crippen LogP contribution < -0.4 is 4.90 Å². The lowest BCUT2D eigenvalue weighted by Gasteiger charge is -2.34. The first-order chi connectivity index (χ1) is 12.2. The van der Waals surface area contributed by atoms with Crippen molar-refractivity contribution in [1.29, 1.82) is 0 Å². The van der Waals surface area contributed by atoms with Crippen molar-refractivity contribution in [3.63, 3.8) is 0 Å².